The number of H-pyrrole nitrogens is 2. The zero-order valence-electron chi connectivity index (χ0n) is 17.0. The SMILES string of the molecule is S=c1[nH]nc(CCc2n[nH]c(=S)n2/N=C/c2ccc(Cl)cc2Cl)n1/N=C/c1ccc(Cl)cc1Cl. The van der Waals surface area contributed by atoms with Crippen molar-refractivity contribution in [2.45, 2.75) is 12.8 Å². The summed E-state index contributed by atoms with van der Waals surface area (Å²) in [6, 6.07) is 10.3. The van der Waals surface area contributed by atoms with Gasteiger partial charge in [0.2, 0.25) is 9.54 Å². The second-order valence-corrected chi connectivity index (χ2v) is 9.30. The Balaban J connectivity index is 1.53. The Morgan fingerprint density at radius 2 is 1.15 bits per heavy atom. The van der Waals surface area contributed by atoms with Gasteiger partial charge in [0.15, 0.2) is 11.6 Å². The van der Waals surface area contributed by atoms with Crippen molar-refractivity contribution < 1.29 is 0 Å². The fraction of sp³-hybridized carbons (Fsp3) is 0.100. The molecule has 4 rings (SSSR count). The van der Waals surface area contributed by atoms with Crippen molar-refractivity contribution in [3.05, 3.63) is 88.8 Å². The zero-order chi connectivity index (χ0) is 24.2. The van der Waals surface area contributed by atoms with Crippen molar-refractivity contribution >= 4 is 83.3 Å². The van der Waals surface area contributed by atoms with Gasteiger partial charge < -0.3 is 0 Å². The van der Waals surface area contributed by atoms with Gasteiger partial charge in [-0.1, -0.05) is 58.5 Å². The Labute approximate surface area is 223 Å². The Kier molecular flexibility index (Phi) is 7.97. The predicted octanol–water partition coefficient (Wildman–Crippen LogP) is 6.36. The molecule has 0 radical (unpaired) electrons. The van der Waals surface area contributed by atoms with Crippen molar-refractivity contribution in [3.63, 3.8) is 0 Å². The molecule has 34 heavy (non-hydrogen) atoms. The molecule has 0 saturated carbocycles. The van der Waals surface area contributed by atoms with Crippen LogP contribution < -0.4 is 0 Å². The molecule has 2 aromatic carbocycles. The molecule has 0 fully saturated rings. The minimum Gasteiger partial charge on any atom is -0.250 e. The van der Waals surface area contributed by atoms with Gasteiger partial charge in [0.25, 0.3) is 0 Å². The number of halogens is 4. The molecule has 0 amide bonds. The van der Waals surface area contributed by atoms with E-state index in [-0.39, 0.29) is 0 Å². The number of rotatable bonds is 7. The van der Waals surface area contributed by atoms with Crippen LogP contribution in [0.1, 0.15) is 22.8 Å². The fourth-order valence-electron chi connectivity index (χ4n) is 2.89. The highest BCUT2D eigenvalue weighted by Crippen LogP contribution is 2.20. The third-order valence-electron chi connectivity index (χ3n) is 4.56. The van der Waals surface area contributed by atoms with E-state index >= 15 is 0 Å². The van der Waals surface area contributed by atoms with Gasteiger partial charge >= 0.3 is 0 Å². The second kappa shape index (κ2) is 10.9. The normalized spacial score (nSPS) is 11.8. The van der Waals surface area contributed by atoms with Gasteiger partial charge in [-0.25, -0.2) is 0 Å². The number of hydrogen-bond acceptors (Lipinski definition) is 6. The van der Waals surface area contributed by atoms with E-state index in [0.29, 0.717) is 65.3 Å². The van der Waals surface area contributed by atoms with Crippen molar-refractivity contribution in [2.24, 2.45) is 10.2 Å². The van der Waals surface area contributed by atoms with Gasteiger partial charge in [0.1, 0.15) is 0 Å². The summed E-state index contributed by atoms with van der Waals surface area (Å²) in [5.74, 6) is 1.19. The molecule has 0 bridgehead atoms. The van der Waals surface area contributed by atoms with Gasteiger partial charge in [0, 0.05) is 34.0 Å². The monoisotopic (exact) mass is 570 g/mol. The standard InChI is InChI=1S/C20H14Cl4N8S2/c21-13-3-1-11(15(23)7-13)9-25-31-17(27-29-19(31)33)5-6-18-28-30-20(34)32(18)26-10-12-2-4-14(22)8-16(12)24/h1-4,7-10H,5-6H2,(H,29,33)(H,30,34)/b25-9+,26-10+. The molecule has 174 valence electrons. The molecule has 0 aliphatic rings. The number of nitrogens with one attached hydrogen (secondary N) is 2. The highest BCUT2D eigenvalue weighted by Gasteiger charge is 2.11. The number of benzene rings is 2. The maximum Gasteiger partial charge on any atom is 0.216 e. The van der Waals surface area contributed by atoms with E-state index in [1.807, 2.05) is 0 Å². The van der Waals surface area contributed by atoms with E-state index in [1.165, 1.54) is 9.35 Å². The lowest BCUT2D eigenvalue weighted by atomic mass is 10.2. The Hall–Kier alpha value is -2.34. The van der Waals surface area contributed by atoms with Crippen molar-refractivity contribution in [1.29, 1.82) is 0 Å². The van der Waals surface area contributed by atoms with E-state index in [2.05, 4.69) is 30.6 Å². The minimum absolute atomic E-state index is 0.339. The predicted molar refractivity (Wildman–Crippen MR) is 141 cm³/mol. The first-order valence-corrected chi connectivity index (χ1v) is 12.0. The molecule has 0 atom stereocenters. The van der Waals surface area contributed by atoms with Crippen LogP contribution in [0.3, 0.4) is 0 Å². The average Bonchev–Trinajstić information content (AvgIpc) is 3.32. The van der Waals surface area contributed by atoms with E-state index in [0.717, 1.165) is 0 Å². The molecular weight excluding hydrogens is 558 g/mol. The quantitative estimate of drug-likeness (QED) is 0.199. The van der Waals surface area contributed by atoms with Gasteiger partial charge in [-0.15, -0.1) is 0 Å². The first kappa shape index (κ1) is 24.8. The van der Waals surface area contributed by atoms with Crippen LogP contribution in [-0.4, -0.2) is 42.2 Å². The van der Waals surface area contributed by atoms with Crippen LogP contribution >= 0.6 is 70.8 Å². The molecule has 2 aromatic heterocycles. The number of nitrogens with zero attached hydrogens (tertiary/aromatic N) is 6. The van der Waals surface area contributed by atoms with Gasteiger partial charge in [-0.3, -0.25) is 10.2 Å². The van der Waals surface area contributed by atoms with Crippen LogP contribution in [0.25, 0.3) is 0 Å². The largest absolute Gasteiger partial charge is 0.250 e. The zero-order valence-corrected chi connectivity index (χ0v) is 21.7. The maximum atomic E-state index is 6.21. The van der Waals surface area contributed by atoms with Crippen LogP contribution in [0.2, 0.25) is 20.1 Å². The summed E-state index contributed by atoms with van der Waals surface area (Å²) in [6.07, 6.45) is 4.08. The summed E-state index contributed by atoms with van der Waals surface area (Å²) in [7, 11) is 0. The number of aromatic amines is 2. The summed E-state index contributed by atoms with van der Waals surface area (Å²) in [4.78, 5) is 0. The molecule has 0 spiro atoms. The van der Waals surface area contributed by atoms with E-state index in [9.17, 15) is 0 Å². The van der Waals surface area contributed by atoms with E-state index in [4.69, 9.17) is 70.8 Å². The van der Waals surface area contributed by atoms with Crippen LogP contribution in [0.5, 0.6) is 0 Å². The molecule has 0 saturated heterocycles. The highest BCUT2D eigenvalue weighted by molar-refractivity contribution is 7.71. The van der Waals surface area contributed by atoms with Crippen LogP contribution in [-0.2, 0) is 12.8 Å². The smallest absolute Gasteiger partial charge is 0.216 e. The summed E-state index contributed by atoms with van der Waals surface area (Å²) in [6.45, 7) is 0. The average molecular weight is 572 g/mol. The van der Waals surface area contributed by atoms with Gasteiger partial charge in [-0.2, -0.15) is 29.8 Å². The lowest BCUT2D eigenvalue weighted by Gasteiger charge is -2.03. The summed E-state index contributed by atoms with van der Waals surface area (Å²) >= 11 is 34.9. The van der Waals surface area contributed by atoms with E-state index < -0.39 is 0 Å². The molecule has 4 aromatic rings. The van der Waals surface area contributed by atoms with E-state index in [1.54, 1.807) is 48.8 Å². The lowest BCUT2D eigenvalue weighted by Crippen LogP contribution is -2.05. The molecule has 2 N–H and O–H groups in total. The molecular formula is C20H14Cl4N8S2. The Morgan fingerprint density at radius 1 is 0.735 bits per heavy atom. The first-order chi connectivity index (χ1) is 16.3. The summed E-state index contributed by atoms with van der Waals surface area (Å²) < 4.78 is 3.71. The number of hydrogen-bond donors (Lipinski definition) is 2. The highest BCUT2D eigenvalue weighted by atomic mass is 35.5. The topological polar surface area (TPSA) is 91.9 Å². The molecule has 0 aliphatic carbocycles. The third kappa shape index (κ3) is 5.83. The number of aryl methyl sites for hydroxylation is 2. The Bertz CT molecular complexity index is 1400. The van der Waals surface area contributed by atoms with Crippen LogP contribution in [0, 0.1) is 9.54 Å². The minimum atomic E-state index is 0.339. The molecule has 0 aliphatic heterocycles. The van der Waals surface area contributed by atoms with Crippen LogP contribution in [0.15, 0.2) is 46.6 Å². The molecule has 0 unspecified atom stereocenters. The van der Waals surface area contributed by atoms with Crippen LogP contribution in [0.4, 0.5) is 0 Å². The van der Waals surface area contributed by atoms with Crippen molar-refractivity contribution in [2.75, 3.05) is 0 Å². The van der Waals surface area contributed by atoms with Gasteiger partial charge in [0.05, 0.1) is 22.5 Å². The molecule has 8 nitrogen and oxygen atoms in total. The van der Waals surface area contributed by atoms with Crippen molar-refractivity contribution in [3.8, 4) is 0 Å². The maximum absolute atomic E-state index is 6.21. The number of aromatic nitrogens is 6. The fourth-order valence-corrected chi connectivity index (χ4v) is 4.20. The lowest BCUT2D eigenvalue weighted by molar-refractivity contribution is 0.699. The second-order valence-electron chi connectivity index (χ2n) is 6.83. The van der Waals surface area contributed by atoms with Crippen molar-refractivity contribution in [1.82, 2.24) is 29.7 Å². The molecule has 14 heteroatoms. The Morgan fingerprint density at radius 3 is 1.53 bits per heavy atom. The van der Waals surface area contributed by atoms with Gasteiger partial charge in [-0.05, 0) is 48.7 Å². The third-order valence-corrected chi connectivity index (χ3v) is 6.21. The summed E-state index contributed by atoms with van der Waals surface area (Å²) in [5, 5.41) is 24.9. The molecule has 2 heterocycles. The summed E-state index contributed by atoms with van der Waals surface area (Å²) in [5.41, 5.74) is 1.38. The first-order valence-electron chi connectivity index (χ1n) is 9.63.